The van der Waals surface area contributed by atoms with E-state index in [0.29, 0.717) is 11.6 Å². The average Bonchev–Trinajstić information content (AvgIpc) is 2.47. The molecule has 3 N–H and O–H groups in total. The Hall–Kier alpha value is -1.40. The van der Waals surface area contributed by atoms with E-state index in [-0.39, 0.29) is 4.90 Å². The summed E-state index contributed by atoms with van der Waals surface area (Å²) in [6, 6.07) is 13.1. The number of hydrogen-bond donors (Lipinski definition) is 2. The van der Waals surface area contributed by atoms with Crippen LogP contribution >= 0.6 is 11.6 Å². The summed E-state index contributed by atoms with van der Waals surface area (Å²) >= 11 is 5.94. The summed E-state index contributed by atoms with van der Waals surface area (Å²) in [5.41, 5.74) is 7.34. The molecule has 0 saturated heterocycles. The molecule has 2 rings (SSSR count). The van der Waals surface area contributed by atoms with Crippen LogP contribution in [0.25, 0.3) is 0 Å². The predicted octanol–water partition coefficient (Wildman–Crippen LogP) is 2.84. The summed E-state index contributed by atoms with van der Waals surface area (Å²) < 4.78 is 27.3. The number of nitrogens with two attached hydrogens (primary N) is 1. The van der Waals surface area contributed by atoms with Crippen molar-refractivity contribution in [2.75, 3.05) is 0 Å². The normalized spacial score (nSPS) is 13.1. The van der Waals surface area contributed by atoms with Gasteiger partial charge < -0.3 is 5.73 Å². The molecule has 0 aliphatic carbocycles. The van der Waals surface area contributed by atoms with Gasteiger partial charge in [-0.25, -0.2) is 13.1 Å². The minimum absolute atomic E-state index is 0.236. The molecule has 0 heterocycles. The largest absolute Gasteiger partial charge is 0.326 e. The van der Waals surface area contributed by atoms with Gasteiger partial charge in [-0.15, -0.1) is 0 Å². The fourth-order valence-corrected chi connectivity index (χ4v) is 3.58. The van der Waals surface area contributed by atoms with E-state index in [1.54, 1.807) is 55.5 Å². The first kappa shape index (κ1) is 16.0. The zero-order valence-electron chi connectivity index (χ0n) is 11.6. The topological polar surface area (TPSA) is 72.2 Å². The second-order valence-electron chi connectivity index (χ2n) is 4.70. The first-order valence-corrected chi connectivity index (χ1v) is 8.36. The van der Waals surface area contributed by atoms with Crippen LogP contribution in [0.5, 0.6) is 0 Å². The maximum Gasteiger partial charge on any atom is 0.241 e. The second kappa shape index (κ2) is 6.58. The van der Waals surface area contributed by atoms with Gasteiger partial charge in [0.15, 0.2) is 0 Å². The molecule has 0 bridgehead atoms. The van der Waals surface area contributed by atoms with Crippen LogP contribution < -0.4 is 10.5 Å². The van der Waals surface area contributed by atoms with Gasteiger partial charge in [-0.05, 0) is 42.3 Å². The zero-order chi connectivity index (χ0) is 15.5. The van der Waals surface area contributed by atoms with E-state index >= 15 is 0 Å². The first-order chi connectivity index (χ1) is 9.94. The van der Waals surface area contributed by atoms with Gasteiger partial charge in [0, 0.05) is 17.6 Å². The maximum absolute atomic E-state index is 12.3. The van der Waals surface area contributed by atoms with Gasteiger partial charge in [-0.1, -0.05) is 35.9 Å². The molecule has 0 fully saturated rings. The highest BCUT2D eigenvalue weighted by Crippen LogP contribution is 2.23. The third-order valence-corrected chi connectivity index (χ3v) is 4.97. The van der Waals surface area contributed by atoms with E-state index in [0.717, 1.165) is 11.1 Å². The van der Waals surface area contributed by atoms with Gasteiger partial charge in [0.1, 0.15) is 0 Å². The summed E-state index contributed by atoms with van der Waals surface area (Å²) in [6.45, 7) is 2.08. The van der Waals surface area contributed by atoms with Crippen LogP contribution in [-0.4, -0.2) is 8.42 Å². The van der Waals surface area contributed by atoms with Crippen LogP contribution in [0.4, 0.5) is 0 Å². The molecule has 2 aromatic carbocycles. The Morgan fingerprint density at radius 3 is 2.48 bits per heavy atom. The van der Waals surface area contributed by atoms with Crippen LogP contribution in [0.1, 0.15) is 24.1 Å². The van der Waals surface area contributed by atoms with Crippen molar-refractivity contribution in [3.63, 3.8) is 0 Å². The van der Waals surface area contributed by atoms with Crippen LogP contribution in [0.3, 0.4) is 0 Å². The lowest BCUT2D eigenvalue weighted by atomic mass is 10.0. The van der Waals surface area contributed by atoms with Crippen molar-refractivity contribution >= 4 is 21.6 Å². The van der Waals surface area contributed by atoms with Gasteiger partial charge in [0.05, 0.1) is 4.90 Å². The SMILES string of the molecule is C[C@@H](NS(=O)(=O)c1ccccc1)c1ccc(Cl)cc1CN. The van der Waals surface area contributed by atoms with Crippen molar-refractivity contribution in [1.29, 1.82) is 0 Å². The average molecular weight is 325 g/mol. The van der Waals surface area contributed by atoms with Crippen molar-refractivity contribution in [3.8, 4) is 0 Å². The fraction of sp³-hybridized carbons (Fsp3) is 0.200. The summed E-state index contributed by atoms with van der Waals surface area (Å²) in [5, 5.41) is 0.581. The Morgan fingerprint density at radius 2 is 1.86 bits per heavy atom. The monoisotopic (exact) mass is 324 g/mol. The highest BCUT2D eigenvalue weighted by atomic mass is 35.5. The number of halogens is 1. The van der Waals surface area contributed by atoms with Gasteiger partial charge in [-0.2, -0.15) is 0 Å². The summed E-state index contributed by atoms with van der Waals surface area (Å²) in [6.07, 6.45) is 0. The highest BCUT2D eigenvalue weighted by molar-refractivity contribution is 7.89. The van der Waals surface area contributed by atoms with Gasteiger partial charge in [0.25, 0.3) is 0 Å². The molecule has 21 heavy (non-hydrogen) atoms. The van der Waals surface area contributed by atoms with Crippen molar-refractivity contribution in [1.82, 2.24) is 4.72 Å². The maximum atomic E-state index is 12.3. The summed E-state index contributed by atoms with van der Waals surface area (Å²) in [4.78, 5) is 0.236. The molecule has 0 aliphatic heterocycles. The molecule has 0 amide bonds. The molecule has 112 valence electrons. The van der Waals surface area contributed by atoms with Gasteiger partial charge in [0.2, 0.25) is 10.0 Å². The summed E-state index contributed by atoms with van der Waals surface area (Å²) in [5.74, 6) is 0. The molecule has 0 spiro atoms. The molecule has 0 radical (unpaired) electrons. The second-order valence-corrected chi connectivity index (χ2v) is 6.85. The summed E-state index contributed by atoms with van der Waals surface area (Å²) in [7, 11) is -3.57. The Labute approximate surface area is 130 Å². The van der Waals surface area contributed by atoms with Crippen LogP contribution in [0.15, 0.2) is 53.4 Å². The molecule has 4 nitrogen and oxygen atoms in total. The number of rotatable bonds is 5. The van der Waals surface area contributed by atoms with Crippen molar-refractivity contribution in [2.45, 2.75) is 24.4 Å². The van der Waals surface area contributed by atoms with E-state index in [1.165, 1.54) is 0 Å². The highest BCUT2D eigenvalue weighted by Gasteiger charge is 2.19. The Kier molecular flexibility index (Phi) is 5.00. The first-order valence-electron chi connectivity index (χ1n) is 6.50. The number of benzene rings is 2. The number of hydrogen-bond acceptors (Lipinski definition) is 3. The third-order valence-electron chi connectivity index (χ3n) is 3.18. The van der Waals surface area contributed by atoms with E-state index in [2.05, 4.69) is 4.72 Å². The van der Waals surface area contributed by atoms with Crippen LogP contribution in [0.2, 0.25) is 5.02 Å². The third kappa shape index (κ3) is 3.83. The lowest BCUT2D eigenvalue weighted by Crippen LogP contribution is -2.27. The molecule has 0 unspecified atom stereocenters. The van der Waals surface area contributed by atoms with Crippen molar-refractivity contribution < 1.29 is 8.42 Å². The standard InChI is InChI=1S/C15H17ClN2O2S/c1-11(15-8-7-13(16)9-12(15)10-17)18-21(19,20)14-5-3-2-4-6-14/h2-9,11,18H,10,17H2,1H3/t11-/m1/s1. The molecular formula is C15H17ClN2O2S. The molecule has 0 aromatic heterocycles. The Morgan fingerprint density at radius 1 is 1.19 bits per heavy atom. The minimum Gasteiger partial charge on any atom is -0.326 e. The Balaban J connectivity index is 2.28. The van der Waals surface area contributed by atoms with E-state index in [4.69, 9.17) is 17.3 Å². The minimum atomic E-state index is -3.57. The fourth-order valence-electron chi connectivity index (χ4n) is 2.14. The molecule has 2 aromatic rings. The van der Waals surface area contributed by atoms with Gasteiger partial charge in [-0.3, -0.25) is 0 Å². The van der Waals surface area contributed by atoms with Crippen LogP contribution in [0, 0.1) is 0 Å². The lowest BCUT2D eigenvalue weighted by Gasteiger charge is -2.18. The number of nitrogens with one attached hydrogen (secondary N) is 1. The predicted molar refractivity (Wildman–Crippen MR) is 84.5 cm³/mol. The molecule has 6 heteroatoms. The van der Waals surface area contributed by atoms with E-state index < -0.39 is 16.1 Å². The lowest BCUT2D eigenvalue weighted by molar-refractivity contribution is 0.566. The molecular weight excluding hydrogens is 308 g/mol. The van der Waals surface area contributed by atoms with E-state index in [1.807, 2.05) is 0 Å². The quantitative estimate of drug-likeness (QED) is 0.888. The Bertz CT molecular complexity index is 718. The van der Waals surface area contributed by atoms with Gasteiger partial charge >= 0.3 is 0 Å². The number of sulfonamides is 1. The van der Waals surface area contributed by atoms with Crippen molar-refractivity contribution in [3.05, 3.63) is 64.7 Å². The van der Waals surface area contributed by atoms with Crippen LogP contribution in [-0.2, 0) is 16.6 Å². The zero-order valence-corrected chi connectivity index (χ0v) is 13.2. The smallest absolute Gasteiger partial charge is 0.241 e. The van der Waals surface area contributed by atoms with Crippen molar-refractivity contribution in [2.24, 2.45) is 5.73 Å². The molecule has 1 atom stereocenters. The van der Waals surface area contributed by atoms with E-state index in [9.17, 15) is 8.42 Å². The molecule has 0 aliphatic rings. The molecule has 0 saturated carbocycles.